The third kappa shape index (κ3) is 4.24. The molecule has 0 aliphatic heterocycles. The Kier molecular flexibility index (Phi) is 5.57. The summed E-state index contributed by atoms with van der Waals surface area (Å²) in [5.74, 6) is -0.172. The summed E-state index contributed by atoms with van der Waals surface area (Å²) in [7, 11) is 0. The van der Waals surface area contributed by atoms with E-state index in [4.69, 9.17) is 0 Å². The summed E-state index contributed by atoms with van der Waals surface area (Å²) in [4.78, 5) is 29.2. The zero-order valence-corrected chi connectivity index (χ0v) is 15.0. The van der Waals surface area contributed by atoms with E-state index in [1.165, 1.54) is 13.0 Å². The molecule has 0 amide bonds. The maximum Gasteiger partial charge on any atom is 0.190 e. The number of hydrogen-bond donors (Lipinski definition) is 2. The number of allylic oxidation sites excluding steroid dienone is 6. The molecule has 2 N–H and O–H groups in total. The van der Waals surface area contributed by atoms with E-state index in [2.05, 4.69) is 4.98 Å². The molecule has 0 saturated heterocycles. The molecule has 0 bridgehead atoms. The zero-order valence-electron chi connectivity index (χ0n) is 15.0. The van der Waals surface area contributed by atoms with Gasteiger partial charge in [-0.05, 0) is 51.0 Å². The number of pyridine rings is 1. The van der Waals surface area contributed by atoms with Gasteiger partial charge in [0.1, 0.15) is 0 Å². The van der Waals surface area contributed by atoms with Gasteiger partial charge in [-0.2, -0.15) is 0 Å². The number of Topliss-reactive ketones (excluding diaryl/α,β-unsaturated/α-hetero) is 2. The largest absolute Gasteiger partial charge is 0.512 e. The van der Waals surface area contributed by atoms with Crippen LogP contribution in [0.25, 0.3) is 0 Å². The normalized spacial score (nSPS) is 15.6. The van der Waals surface area contributed by atoms with Crippen LogP contribution >= 0.6 is 0 Å². The van der Waals surface area contributed by atoms with E-state index in [9.17, 15) is 19.8 Å². The van der Waals surface area contributed by atoms with Crippen LogP contribution in [0, 0.1) is 13.8 Å². The molecular weight excluding hydrogens is 318 g/mol. The van der Waals surface area contributed by atoms with E-state index in [0.717, 1.165) is 5.56 Å². The van der Waals surface area contributed by atoms with Crippen LogP contribution in [0.3, 0.4) is 0 Å². The number of hydrogen-bond acceptors (Lipinski definition) is 5. The Hall–Kier alpha value is -2.69. The molecule has 132 valence electrons. The van der Waals surface area contributed by atoms with Crippen molar-refractivity contribution in [1.29, 1.82) is 0 Å². The number of carbonyl (C=O) groups excluding carboxylic acids is 2. The zero-order chi connectivity index (χ0) is 18.7. The minimum atomic E-state index is -0.247. The summed E-state index contributed by atoms with van der Waals surface area (Å²) in [5.41, 5.74) is 3.08. The molecule has 5 heteroatoms. The molecule has 0 aromatic carbocycles. The maximum absolute atomic E-state index is 12.9. The van der Waals surface area contributed by atoms with E-state index in [0.29, 0.717) is 40.8 Å². The van der Waals surface area contributed by atoms with Crippen LogP contribution in [0.15, 0.2) is 46.6 Å². The summed E-state index contributed by atoms with van der Waals surface area (Å²) < 4.78 is 0. The van der Waals surface area contributed by atoms with Crippen molar-refractivity contribution in [3.63, 3.8) is 0 Å². The standard InChI is InChI=1S/C20H23NO4/c1-11-7-18(13(3)21-10-11)20(25)12(2)17(14(4)22)9-15-8-16(23)5-6-19(15)24/h7-8,10,23-24H,5-6,9H2,1-4H3/b17-12-. The number of carbonyl (C=O) groups is 2. The van der Waals surface area contributed by atoms with Crippen molar-refractivity contribution in [2.24, 2.45) is 0 Å². The quantitative estimate of drug-likeness (QED) is 0.618. The van der Waals surface area contributed by atoms with Gasteiger partial charge in [-0.25, -0.2) is 0 Å². The Morgan fingerprint density at radius 2 is 1.84 bits per heavy atom. The van der Waals surface area contributed by atoms with Crippen LogP contribution in [-0.2, 0) is 4.79 Å². The van der Waals surface area contributed by atoms with Gasteiger partial charge >= 0.3 is 0 Å². The molecule has 2 rings (SSSR count). The van der Waals surface area contributed by atoms with Crippen molar-refractivity contribution < 1.29 is 19.8 Å². The molecule has 1 heterocycles. The van der Waals surface area contributed by atoms with Crippen molar-refractivity contribution in [3.05, 3.63) is 63.4 Å². The monoisotopic (exact) mass is 341 g/mol. The summed E-state index contributed by atoms with van der Waals surface area (Å²) in [6, 6.07) is 1.76. The fourth-order valence-corrected chi connectivity index (χ4v) is 2.83. The highest BCUT2D eigenvalue weighted by atomic mass is 16.3. The van der Waals surface area contributed by atoms with E-state index < -0.39 is 0 Å². The van der Waals surface area contributed by atoms with Crippen LogP contribution in [0.4, 0.5) is 0 Å². The second-order valence-corrected chi connectivity index (χ2v) is 6.42. The third-order valence-electron chi connectivity index (χ3n) is 4.38. The molecule has 0 saturated carbocycles. The van der Waals surface area contributed by atoms with Gasteiger partial charge in [0.15, 0.2) is 11.6 Å². The molecule has 5 nitrogen and oxygen atoms in total. The predicted molar refractivity (Wildman–Crippen MR) is 95.6 cm³/mol. The lowest BCUT2D eigenvalue weighted by Crippen LogP contribution is -2.12. The lowest BCUT2D eigenvalue weighted by atomic mass is 9.90. The van der Waals surface area contributed by atoms with Gasteiger partial charge < -0.3 is 10.2 Å². The van der Waals surface area contributed by atoms with Crippen LogP contribution < -0.4 is 0 Å². The number of rotatable bonds is 5. The molecule has 0 spiro atoms. The van der Waals surface area contributed by atoms with Gasteiger partial charge in [0.2, 0.25) is 0 Å². The smallest absolute Gasteiger partial charge is 0.190 e. The van der Waals surface area contributed by atoms with Gasteiger partial charge in [-0.15, -0.1) is 0 Å². The van der Waals surface area contributed by atoms with Gasteiger partial charge in [0.25, 0.3) is 0 Å². The van der Waals surface area contributed by atoms with E-state index in [1.54, 1.807) is 26.1 Å². The number of aromatic nitrogens is 1. The molecule has 0 unspecified atom stereocenters. The van der Waals surface area contributed by atoms with Crippen molar-refractivity contribution >= 4 is 11.6 Å². The SMILES string of the molecule is CC(=O)/C(CC1=C(O)CCC(O)=C1)=C(/C)C(=O)c1cc(C)cnc1C. The average Bonchev–Trinajstić information content (AvgIpc) is 2.56. The third-order valence-corrected chi connectivity index (χ3v) is 4.38. The molecule has 1 aromatic rings. The van der Waals surface area contributed by atoms with Crippen molar-refractivity contribution in [2.45, 2.75) is 47.0 Å². The summed E-state index contributed by atoms with van der Waals surface area (Å²) >= 11 is 0. The Bertz CT molecular complexity index is 828. The van der Waals surface area contributed by atoms with Gasteiger partial charge in [0, 0.05) is 47.9 Å². The lowest BCUT2D eigenvalue weighted by Gasteiger charge is -2.16. The minimum Gasteiger partial charge on any atom is -0.512 e. The van der Waals surface area contributed by atoms with Crippen LogP contribution in [0.1, 0.15) is 54.7 Å². The van der Waals surface area contributed by atoms with Gasteiger partial charge in [-0.3, -0.25) is 14.6 Å². The number of ketones is 2. The molecule has 25 heavy (non-hydrogen) atoms. The summed E-state index contributed by atoms with van der Waals surface area (Å²) in [6.45, 7) is 6.62. The highest BCUT2D eigenvalue weighted by Gasteiger charge is 2.21. The minimum absolute atomic E-state index is 0.112. The molecular formula is C20H23NO4. The fraction of sp³-hybridized carbons (Fsp3) is 0.350. The highest BCUT2D eigenvalue weighted by Crippen LogP contribution is 2.28. The van der Waals surface area contributed by atoms with Crippen molar-refractivity contribution in [1.82, 2.24) is 4.98 Å². The first-order chi connectivity index (χ1) is 11.7. The van der Waals surface area contributed by atoms with E-state index in [-0.39, 0.29) is 29.5 Å². The molecule has 0 fully saturated rings. The maximum atomic E-state index is 12.9. The first-order valence-electron chi connectivity index (χ1n) is 8.19. The number of aliphatic hydroxyl groups excluding tert-OH is 2. The second kappa shape index (κ2) is 7.47. The Morgan fingerprint density at radius 3 is 2.48 bits per heavy atom. The van der Waals surface area contributed by atoms with E-state index >= 15 is 0 Å². The van der Waals surface area contributed by atoms with E-state index in [1.807, 2.05) is 6.92 Å². The highest BCUT2D eigenvalue weighted by molar-refractivity contribution is 6.13. The lowest BCUT2D eigenvalue weighted by molar-refractivity contribution is -0.113. The summed E-state index contributed by atoms with van der Waals surface area (Å²) in [6.07, 6.45) is 3.98. The van der Waals surface area contributed by atoms with Crippen LogP contribution in [-0.4, -0.2) is 26.8 Å². The van der Waals surface area contributed by atoms with Crippen molar-refractivity contribution in [2.75, 3.05) is 0 Å². The number of aliphatic hydroxyl groups is 2. The van der Waals surface area contributed by atoms with Crippen molar-refractivity contribution in [3.8, 4) is 0 Å². The van der Waals surface area contributed by atoms with Gasteiger partial charge in [0.05, 0.1) is 11.5 Å². The molecule has 1 aliphatic carbocycles. The van der Waals surface area contributed by atoms with Crippen LogP contribution in [0.5, 0.6) is 0 Å². The number of aryl methyl sites for hydroxylation is 2. The second-order valence-electron chi connectivity index (χ2n) is 6.42. The summed E-state index contributed by atoms with van der Waals surface area (Å²) in [5, 5.41) is 19.7. The molecule has 0 atom stereocenters. The Morgan fingerprint density at radius 1 is 1.16 bits per heavy atom. The first kappa shape index (κ1) is 18.6. The Labute approximate surface area is 147 Å². The topological polar surface area (TPSA) is 87.5 Å². The number of nitrogens with zero attached hydrogens (tertiary/aromatic N) is 1. The van der Waals surface area contributed by atoms with Crippen LogP contribution in [0.2, 0.25) is 0 Å². The first-order valence-corrected chi connectivity index (χ1v) is 8.19. The predicted octanol–water partition coefficient (Wildman–Crippen LogP) is 4.22. The average molecular weight is 341 g/mol. The molecule has 0 radical (unpaired) electrons. The molecule has 1 aromatic heterocycles. The van der Waals surface area contributed by atoms with Gasteiger partial charge in [-0.1, -0.05) is 0 Å². The molecule has 1 aliphatic rings. The Balaban J connectivity index is 2.45. The fourth-order valence-electron chi connectivity index (χ4n) is 2.83.